The van der Waals surface area contributed by atoms with Crippen LogP contribution in [0.4, 0.5) is 0 Å². The van der Waals surface area contributed by atoms with E-state index in [2.05, 4.69) is 19.2 Å². The van der Waals surface area contributed by atoms with Gasteiger partial charge in [0.25, 0.3) is 11.8 Å². The number of hydrogen-bond acceptors (Lipinski definition) is 3. The molecular formula is C23H30N2O2. The number of hydrogen-bond donors (Lipinski definition) is 1. The Kier molecular flexibility index (Phi) is 6.62. The summed E-state index contributed by atoms with van der Waals surface area (Å²) in [6.45, 7) is 6.47. The van der Waals surface area contributed by atoms with E-state index in [9.17, 15) is 9.59 Å². The Morgan fingerprint density at radius 1 is 0.926 bits per heavy atom. The highest BCUT2D eigenvalue weighted by atomic mass is 16.2. The minimum absolute atomic E-state index is 0.180. The van der Waals surface area contributed by atoms with Crippen molar-refractivity contribution in [3.8, 4) is 0 Å². The first-order valence-electron chi connectivity index (χ1n) is 10.3. The molecule has 27 heavy (non-hydrogen) atoms. The third-order valence-electron chi connectivity index (χ3n) is 5.64. The molecule has 0 bridgehead atoms. The van der Waals surface area contributed by atoms with E-state index in [4.69, 9.17) is 0 Å². The van der Waals surface area contributed by atoms with Gasteiger partial charge in [-0.25, -0.2) is 0 Å². The molecule has 2 amide bonds. The van der Waals surface area contributed by atoms with E-state index in [-0.39, 0.29) is 11.8 Å². The van der Waals surface area contributed by atoms with Crippen LogP contribution in [-0.2, 0) is 0 Å². The van der Waals surface area contributed by atoms with Crippen LogP contribution < -0.4 is 5.32 Å². The molecule has 1 N–H and O–H groups in total. The van der Waals surface area contributed by atoms with Gasteiger partial charge in [0, 0.05) is 29.6 Å². The number of imide groups is 1. The summed E-state index contributed by atoms with van der Waals surface area (Å²) in [5, 5.41) is 5.16. The maximum Gasteiger partial charge on any atom is 0.261 e. The molecule has 1 heterocycles. The molecule has 1 aliphatic rings. The second-order valence-corrected chi connectivity index (χ2v) is 7.43. The maximum atomic E-state index is 12.8. The summed E-state index contributed by atoms with van der Waals surface area (Å²) >= 11 is 0. The molecule has 2 aromatic rings. The summed E-state index contributed by atoms with van der Waals surface area (Å²) in [4.78, 5) is 27.0. The molecule has 2 aromatic carbocycles. The van der Waals surface area contributed by atoms with E-state index >= 15 is 0 Å². The van der Waals surface area contributed by atoms with Crippen molar-refractivity contribution in [3.63, 3.8) is 0 Å². The van der Waals surface area contributed by atoms with Crippen molar-refractivity contribution >= 4 is 22.6 Å². The molecule has 4 nitrogen and oxygen atoms in total. The van der Waals surface area contributed by atoms with E-state index < -0.39 is 0 Å². The van der Waals surface area contributed by atoms with Crippen molar-refractivity contribution in [2.75, 3.05) is 19.6 Å². The molecule has 1 unspecified atom stereocenters. The Bertz CT molecular complexity index is 764. The topological polar surface area (TPSA) is 49.4 Å². The van der Waals surface area contributed by atoms with Gasteiger partial charge in [-0.2, -0.15) is 0 Å². The lowest BCUT2D eigenvalue weighted by Crippen LogP contribution is -2.44. The Morgan fingerprint density at radius 2 is 1.59 bits per heavy atom. The van der Waals surface area contributed by atoms with Crippen molar-refractivity contribution in [2.45, 2.75) is 46.0 Å². The van der Waals surface area contributed by atoms with E-state index in [1.165, 1.54) is 30.6 Å². The summed E-state index contributed by atoms with van der Waals surface area (Å²) in [6.07, 6.45) is 6.20. The Hall–Kier alpha value is -2.20. The zero-order valence-electron chi connectivity index (χ0n) is 16.5. The van der Waals surface area contributed by atoms with Gasteiger partial charge in [-0.1, -0.05) is 63.8 Å². The van der Waals surface area contributed by atoms with Gasteiger partial charge in [-0.15, -0.1) is 0 Å². The second-order valence-electron chi connectivity index (χ2n) is 7.43. The highest BCUT2D eigenvalue weighted by Gasteiger charge is 2.32. The van der Waals surface area contributed by atoms with Crippen molar-refractivity contribution in [1.82, 2.24) is 10.2 Å². The number of nitrogens with zero attached hydrogens (tertiary/aromatic N) is 1. The van der Waals surface area contributed by atoms with Gasteiger partial charge in [0.2, 0.25) is 0 Å². The third kappa shape index (κ3) is 4.22. The molecule has 0 aliphatic carbocycles. The standard InChI is InChI=1S/C23H30N2O2/c1-3-5-8-17(4-2)13-14-24-15-16-25-22(26)19-11-6-9-18-10-7-12-20(21(18)19)23(25)27/h6-7,9-12,17,24H,3-5,8,13-16H2,1-2H3. The molecule has 0 aromatic heterocycles. The summed E-state index contributed by atoms with van der Waals surface area (Å²) < 4.78 is 0. The van der Waals surface area contributed by atoms with Crippen molar-refractivity contribution in [2.24, 2.45) is 5.92 Å². The average Bonchev–Trinajstić information content (AvgIpc) is 2.70. The Balaban J connectivity index is 1.58. The molecule has 3 rings (SSSR count). The van der Waals surface area contributed by atoms with E-state index in [1.807, 2.05) is 36.4 Å². The Labute approximate surface area is 161 Å². The van der Waals surface area contributed by atoms with Crippen LogP contribution in [0.1, 0.15) is 66.7 Å². The monoisotopic (exact) mass is 366 g/mol. The predicted octanol–water partition coefficient (Wildman–Crippen LogP) is 4.63. The lowest BCUT2D eigenvalue weighted by Gasteiger charge is -2.27. The van der Waals surface area contributed by atoms with Gasteiger partial charge in [0.15, 0.2) is 0 Å². The number of unbranched alkanes of at least 4 members (excludes halogenated alkanes) is 1. The third-order valence-corrected chi connectivity index (χ3v) is 5.64. The van der Waals surface area contributed by atoms with Gasteiger partial charge < -0.3 is 5.32 Å². The van der Waals surface area contributed by atoms with Crippen LogP contribution in [-0.4, -0.2) is 36.3 Å². The zero-order valence-corrected chi connectivity index (χ0v) is 16.5. The number of amides is 2. The van der Waals surface area contributed by atoms with Crippen LogP contribution in [0.5, 0.6) is 0 Å². The minimum Gasteiger partial charge on any atom is -0.315 e. The first-order chi connectivity index (χ1) is 13.2. The molecule has 0 fully saturated rings. The molecule has 1 aliphatic heterocycles. The number of carbonyl (C=O) groups is 2. The lowest BCUT2D eigenvalue weighted by atomic mass is 9.94. The summed E-state index contributed by atoms with van der Waals surface area (Å²) in [7, 11) is 0. The average molecular weight is 367 g/mol. The molecule has 0 spiro atoms. The van der Waals surface area contributed by atoms with Crippen molar-refractivity contribution in [3.05, 3.63) is 47.5 Å². The van der Waals surface area contributed by atoms with Crippen LogP contribution in [0.2, 0.25) is 0 Å². The minimum atomic E-state index is -0.180. The van der Waals surface area contributed by atoms with Crippen LogP contribution >= 0.6 is 0 Å². The van der Waals surface area contributed by atoms with E-state index in [0.717, 1.165) is 29.7 Å². The van der Waals surface area contributed by atoms with Gasteiger partial charge >= 0.3 is 0 Å². The smallest absolute Gasteiger partial charge is 0.261 e. The molecule has 0 saturated heterocycles. The largest absolute Gasteiger partial charge is 0.315 e. The maximum absolute atomic E-state index is 12.8. The quantitative estimate of drug-likeness (QED) is 0.492. The van der Waals surface area contributed by atoms with E-state index in [1.54, 1.807) is 0 Å². The number of benzene rings is 2. The predicted molar refractivity (Wildman–Crippen MR) is 110 cm³/mol. The summed E-state index contributed by atoms with van der Waals surface area (Å²) in [5.41, 5.74) is 1.27. The number of carbonyl (C=O) groups excluding carboxylic acids is 2. The van der Waals surface area contributed by atoms with Gasteiger partial charge in [0.1, 0.15) is 0 Å². The van der Waals surface area contributed by atoms with Crippen LogP contribution in [0.25, 0.3) is 10.8 Å². The fourth-order valence-corrected chi connectivity index (χ4v) is 3.95. The van der Waals surface area contributed by atoms with Gasteiger partial charge in [0.05, 0.1) is 0 Å². The fourth-order valence-electron chi connectivity index (χ4n) is 3.95. The summed E-state index contributed by atoms with van der Waals surface area (Å²) in [6, 6.07) is 11.3. The number of nitrogens with one attached hydrogen (secondary N) is 1. The first-order valence-corrected chi connectivity index (χ1v) is 10.3. The normalized spacial score (nSPS) is 14.8. The highest BCUT2D eigenvalue weighted by Crippen LogP contribution is 2.29. The second kappa shape index (κ2) is 9.14. The molecule has 4 heteroatoms. The molecular weight excluding hydrogens is 336 g/mol. The lowest BCUT2D eigenvalue weighted by molar-refractivity contribution is 0.0612. The highest BCUT2D eigenvalue weighted by molar-refractivity contribution is 6.25. The van der Waals surface area contributed by atoms with Crippen LogP contribution in [0.3, 0.4) is 0 Å². The SMILES string of the molecule is CCCCC(CC)CCNCCN1C(=O)c2cccc3cccc(c23)C1=O. The molecule has 1 atom stereocenters. The van der Waals surface area contributed by atoms with Crippen molar-refractivity contribution < 1.29 is 9.59 Å². The molecule has 144 valence electrons. The zero-order chi connectivity index (χ0) is 19.2. The van der Waals surface area contributed by atoms with Gasteiger partial charge in [-0.3, -0.25) is 14.5 Å². The molecule has 0 radical (unpaired) electrons. The summed E-state index contributed by atoms with van der Waals surface area (Å²) in [5.74, 6) is 0.404. The van der Waals surface area contributed by atoms with Crippen molar-refractivity contribution in [1.29, 1.82) is 0 Å². The van der Waals surface area contributed by atoms with Crippen LogP contribution in [0, 0.1) is 5.92 Å². The van der Waals surface area contributed by atoms with E-state index in [0.29, 0.717) is 24.2 Å². The Morgan fingerprint density at radius 3 is 2.19 bits per heavy atom. The van der Waals surface area contributed by atoms with Gasteiger partial charge in [-0.05, 0) is 36.4 Å². The number of rotatable bonds is 10. The first kappa shape index (κ1) is 19.6. The molecule has 0 saturated carbocycles. The fraction of sp³-hybridized carbons (Fsp3) is 0.478. The van der Waals surface area contributed by atoms with Crippen LogP contribution in [0.15, 0.2) is 36.4 Å².